The van der Waals surface area contributed by atoms with E-state index in [4.69, 9.17) is 29.0 Å². The maximum atomic E-state index is 11.0. The highest BCUT2D eigenvalue weighted by atomic mass is 35.5. The van der Waals surface area contributed by atoms with Crippen molar-refractivity contribution in [3.63, 3.8) is 0 Å². The molecule has 1 aromatic heterocycles. The molecule has 0 saturated carbocycles. The molecule has 2 rings (SSSR count). The Morgan fingerprint density at radius 3 is 2.82 bits per heavy atom. The minimum absolute atomic E-state index is 0.219. The summed E-state index contributed by atoms with van der Waals surface area (Å²) in [5.41, 5.74) is 3.45. The van der Waals surface area contributed by atoms with Crippen LogP contribution in [0.3, 0.4) is 0 Å². The van der Waals surface area contributed by atoms with Gasteiger partial charge < -0.3 is 5.32 Å². The Bertz CT molecular complexity index is 598. The lowest BCUT2D eigenvalue weighted by molar-refractivity contribution is -0.114. The van der Waals surface area contributed by atoms with E-state index in [0.717, 1.165) is 0 Å². The molecule has 0 spiro atoms. The Hall–Kier alpha value is -1.08. The van der Waals surface area contributed by atoms with E-state index in [9.17, 15) is 4.79 Å². The fraction of sp³-hybridized carbons (Fsp3) is 0.111. The van der Waals surface area contributed by atoms with Crippen LogP contribution in [0.4, 0.5) is 10.8 Å². The number of benzene rings is 1. The molecular formula is C9H8Cl2N4OS. The van der Waals surface area contributed by atoms with E-state index in [2.05, 4.69) is 15.7 Å². The molecule has 0 aliphatic rings. The second-order valence-corrected chi connectivity index (χ2v) is 5.03. The number of carbonyl (C=O) groups is 1. The summed E-state index contributed by atoms with van der Waals surface area (Å²) in [5, 5.41) is 3.92. The van der Waals surface area contributed by atoms with Gasteiger partial charge in [0, 0.05) is 6.92 Å². The summed E-state index contributed by atoms with van der Waals surface area (Å²) in [5.74, 6) is 5.06. The van der Waals surface area contributed by atoms with Crippen LogP contribution in [-0.4, -0.2) is 10.9 Å². The molecule has 2 aromatic rings. The molecule has 4 N–H and O–H groups in total. The summed E-state index contributed by atoms with van der Waals surface area (Å²) >= 11 is 13.5. The molecule has 0 radical (unpaired) electrons. The van der Waals surface area contributed by atoms with E-state index < -0.39 is 0 Å². The van der Waals surface area contributed by atoms with Crippen LogP contribution in [0.25, 0.3) is 10.2 Å². The number of halogens is 2. The second kappa shape index (κ2) is 4.66. The first-order chi connectivity index (χ1) is 8.02. The number of hydrogen-bond acceptors (Lipinski definition) is 5. The van der Waals surface area contributed by atoms with Crippen LogP contribution in [0.2, 0.25) is 10.0 Å². The van der Waals surface area contributed by atoms with Gasteiger partial charge in [0.05, 0.1) is 20.4 Å². The van der Waals surface area contributed by atoms with Crippen LogP contribution in [0.5, 0.6) is 0 Å². The predicted octanol–water partition coefficient (Wildman–Crippen LogP) is 2.85. The molecule has 1 heterocycles. The van der Waals surface area contributed by atoms with Gasteiger partial charge in [0.15, 0.2) is 5.13 Å². The number of rotatable bonds is 2. The molecule has 0 fully saturated rings. The summed E-state index contributed by atoms with van der Waals surface area (Å²) in [6.07, 6.45) is 0. The number of nitrogens with zero attached hydrogens (tertiary/aromatic N) is 1. The first-order valence-corrected chi connectivity index (χ1v) is 6.13. The zero-order valence-corrected chi connectivity index (χ0v) is 11.0. The Labute approximate surface area is 111 Å². The SMILES string of the molecule is CC(=O)Nc1cc(Cl)c2nc(NN)sc2c1Cl. The van der Waals surface area contributed by atoms with E-state index in [1.807, 2.05) is 0 Å². The Morgan fingerprint density at radius 1 is 1.53 bits per heavy atom. The number of anilines is 2. The van der Waals surface area contributed by atoms with Gasteiger partial charge in [-0.25, -0.2) is 10.8 Å². The molecule has 17 heavy (non-hydrogen) atoms. The van der Waals surface area contributed by atoms with Gasteiger partial charge in [-0.1, -0.05) is 34.5 Å². The van der Waals surface area contributed by atoms with E-state index in [0.29, 0.717) is 31.1 Å². The zero-order chi connectivity index (χ0) is 12.6. The van der Waals surface area contributed by atoms with Crippen molar-refractivity contribution in [2.75, 3.05) is 10.7 Å². The van der Waals surface area contributed by atoms with Gasteiger partial charge in [0.2, 0.25) is 5.91 Å². The first-order valence-electron chi connectivity index (χ1n) is 4.55. The average Bonchev–Trinajstić information content (AvgIpc) is 2.69. The minimum Gasteiger partial charge on any atom is -0.325 e. The molecule has 0 bridgehead atoms. The summed E-state index contributed by atoms with van der Waals surface area (Å²) in [6, 6.07) is 1.56. The second-order valence-electron chi connectivity index (χ2n) is 3.24. The summed E-state index contributed by atoms with van der Waals surface area (Å²) in [7, 11) is 0. The molecule has 1 amide bonds. The van der Waals surface area contributed by atoms with Gasteiger partial charge in [0.25, 0.3) is 0 Å². The van der Waals surface area contributed by atoms with Crippen LogP contribution < -0.4 is 16.6 Å². The fourth-order valence-electron chi connectivity index (χ4n) is 1.35. The summed E-state index contributed by atoms with van der Waals surface area (Å²) < 4.78 is 0.677. The molecule has 1 aromatic carbocycles. The lowest BCUT2D eigenvalue weighted by atomic mass is 10.3. The normalized spacial score (nSPS) is 10.6. The number of fused-ring (bicyclic) bond motifs is 1. The van der Waals surface area contributed by atoms with Crippen molar-refractivity contribution in [1.82, 2.24) is 4.98 Å². The van der Waals surface area contributed by atoms with Crippen LogP contribution in [0, 0.1) is 0 Å². The fourth-order valence-corrected chi connectivity index (χ4v) is 2.80. The number of carbonyl (C=O) groups excluding carboxylic acids is 1. The highest BCUT2D eigenvalue weighted by molar-refractivity contribution is 7.23. The number of hydrazine groups is 1. The van der Waals surface area contributed by atoms with Crippen molar-refractivity contribution in [2.45, 2.75) is 6.92 Å². The van der Waals surface area contributed by atoms with E-state index in [-0.39, 0.29) is 5.91 Å². The monoisotopic (exact) mass is 290 g/mol. The lowest BCUT2D eigenvalue weighted by Gasteiger charge is -2.06. The zero-order valence-electron chi connectivity index (χ0n) is 8.67. The van der Waals surface area contributed by atoms with E-state index in [1.165, 1.54) is 18.3 Å². The maximum Gasteiger partial charge on any atom is 0.221 e. The molecule has 0 saturated heterocycles. The number of aromatic nitrogens is 1. The van der Waals surface area contributed by atoms with Gasteiger partial charge in [-0.15, -0.1) is 0 Å². The molecule has 90 valence electrons. The molecule has 8 heteroatoms. The molecule has 0 unspecified atom stereocenters. The molecule has 0 aliphatic heterocycles. The first kappa shape index (κ1) is 12.4. The highest BCUT2D eigenvalue weighted by Crippen LogP contribution is 2.40. The number of nitrogens with two attached hydrogens (primary N) is 1. The van der Waals surface area contributed by atoms with Gasteiger partial charge in [-0.3, -0.25) is 10.2 Å². The maximum absolute atomic E-state index is 11.0. The van der Waals surface area contributed by atoms with Crippen LogP contribution >= 0.6 is 34.5 Å². The molecular weight excluding hydrogens is 283 g/mol. The third-order valence-electron chi connectivity index (χ3n) is 1.99. The van der Waals surface area contributed by atoms with Crippen molar-refractivity contribution in [1.29, 1.82) is 0 Å². The Kier molecular flexibility index (Phi) is 3.39. The molecule has 0 atom stereocenters. The minimum atomic E-state index is -0.219. The van der Waals surface area contributed by atoms with Crippen LogP contribution in [-0.2, 0) is 4.79 Å². The van der Waals surface area contributed by atoms with E-state index in [1.54, 1.807) is 6.07 Å². The smallest absolute Gasteiger partial charge is 0.221 e. The predicted molar refractivity (Wildman–Crippen MR) is 71.8 cm³/mol. The van der Waals surface area contributed by atoms with Crippen LogP contribution in [0.15, 0.2) is 6.07 Å². The largest absolute Gasteiger partial charge is 0.325 e. The number of amides is 1. The quantitative estimate of drug-likeness (QED) is 0.587. The van der Waals surface area contributed by atoms with Crippen molar-refractivity contribution in [2.24, 2.45) is 5.84 Å². The van der Waals surface area contributed by atoms with Gasteiger partial charge in [-0.05, 0) is 6.07 Å². The van der Waals surface area contributed by atoms with E-state index >= 15 is 0 Å². The van der Waals surface area contributed by atoms with Crippen molar-refractivity contribution in [3.8, 4) is 0 Å². The molecule has 5 nitrogen and oxygen atoms in total. The standard InChI is InChI=1S/C9H8Cl2N4OS/c1-3(16)13-5-2-4(10)7-8(6(5)11)17-9(14-7)15-12/h2H,12H2,1H3,(H,13,16)(H,14,15). The lowest BCUT2D eigenvalue weighted by Crippen LogP contribution is -2.06. The number of thiazole rings is 1. The van der Waals surface area contributed by atoms with Crippen molar-refractivity contribution in [3.05, 3.63) is 16.1 Å². The summed E-state index contributed by atoms with van der Waals surface area (Å²) in [4.78, 5) is 15.2. The van der Waals surface area contributed by atoms with Crippen molar-refractivity contribution < 1.29 is 4.79 Å². The van der Waals surface area contributed by atoms with Gasteiger partial charge >= 0.3 is 0 Å². The number of hydrogen-bond donors (Lipinski definition) is 3. The number of nitrogens with one attached hydrogen (secondary N) is 2. The third-order valence-corrected chi connectivity index (χ3v) is 3.79. The topological polar surface area (TPSA) is 80.0 Å². The van der Waals surface area contributed by atoms with Crippen molar-refractivity contribution >= 4 is 61.5 Å². The van der Waals surface area contributed by atoms with Crippen LogP contribution in [0.1, 0.15) is 6.92 Å². The third kappa shape index (κ3) is 2.30. The highest BCUT2D eigenvalue weighted by Gasteiger charge is 2.15. The summed E-state index contributed by atoms with van der Waals surface area (Å²) in [6.45, 7) is 1.40. The average molecular weight is 291 g/mol. The van der Waals surface area contributed by atoms with Gasteiger partial charge in [0.1, 0.15) is 5.52 Å². The van der Waals surface area contributed by atoms with Gasteiger partial charge in [-0.2, -0.15) is 0 Å². The number of nitrogen functional groups attached to an aromatic ring is 1. The molecule has 0 aliphatic carbocycles. The Balaban J connectivity index is 2.65. The Morgan fingerprint density at radius 2 is 2.24 bits per heavy atom.